The molecule has 0 radical (unpaired) electrons. The Balaban J connectivity index is 1.93. The quantitative estimate of drug-likeness (QED) is 0.401. The van der Waals surface area contributed by atoms with Crippen LogP contribution in [0, 0.1) is 0 Å². The number of carboxylic acid groups (broad SMARTS) is 1. The average Bonchev–Trinajstić information content (AvgIpc) is 2.65. The van der Waals surface area contributed by atoms with Gasteiger partial charge < -0.3 is 14.7 Å². The van der Waals surface area contributed by atoms with Crippen molar-refractivity contribution in [1.82, 2.24) is 0 Å². The first-order valence-electron chi connectivity index (χ1n) is 8.74. The number of hydrogen-bond acceptors (Lipinski definition) is 4. The van der Waals surface area contributed by atoms with Gasteiger partial charge in [-0.3, -0.25) is 0 Å². The van der Waals surface area contributed by atoms with Gasteiger partial charge >= 0.3 is 5.97 Å². The van der Waals surface area contributed by atoms with Crippen LogP contribution in [0.5, 0.6) is 0 Å². The molecule has 0 amide bonds. The van der Waals surface area contributed by atoms with Crippen molar-refractivity contribution in [3.8, 4) is 0 Å². The molecule has 0 spiro atoms. The van der Waals surface area contributed by atoms with Crippen LogP contribution in [0.1, 0.15) is 30.5 Å². The van der Waals surface area contributed by atoms with E-state index in [2.05, 4.69) is 17.3 Å². The molecule has 0 heterocycles. The maximum atomic E-state index is 11.2. The molecule has 2 aromatic carbocycles. The minimum atomic E-state index is -0.952. The van der Waals surface area contributed by atoms with Gasteiger partial charge in [0, 0.05) is 19.4 Å². The van der Waals surface area contributed by atoms with Crippen molar-refractivity contribution in [2.24, 2.45) is 5.16 Å². The Labute approximate surface area is 154 Å². The zero-order valence-corrected chi connectivity index (χ0v) is 15.2. The number of hydrogen-bond donors (Lipinski definition) is 1. The van der Waals surface area contributed by atoms with Crippen LogP contribution in [0.25, 0.3) is 0 Å². The fraction of sp³-hybridized carbons (Fsp3) is 0.333. The number of benzene rings is 2. The number of oxime groups is 1. The second-order valence-corrected chi connectivity index (χ2v) is 5.93. The van der Waals surface area contributed by atoms with E-state index in [-0.39, 0.29) is 0 Å². The number of carboxylic acids is 1. The van der Waals surface area contributed by atoms with Crippen molar-refractivity contribution in [2.45, 2.75) is 32.8 Å². The molecular formula is C21H25NO4. The molecule has 138 valence electrons. The zero-order valence-electron chi connectivity index (χ0n) is 15.2. The van der Waals surface area contributed by atoms with E-state index in [1.54, 1.807) is 6.92 Å². The molecule has 26 heavy (non-hydrogen) atoms. The number of ether oxygens (including phenoxy) is 1. The Hall–Kier alpha value is -2.66. The Kier molecular flexibility index (Phi) is 7.83. The fourth-order valence-corrected chi connectivity index (χ4v) is 2.56. The Bertz CT molecular complexity index is 728. The van der Waals surface area contributed by atoms with Gasteiger partial charge in [-0.2, -0.15) is 0 Å². The van der Waals surface area contributed by atoms with Gasteiger partial charge in [-0.05, 0) is 36.6 Å². The van der Waals surface area contributed by atoms with Gasteiger partial charge in [0.25, 0.3) is 0 Å². The van der Waals surface area contributed by atoms with Crippen LogP contribution in [0.15, 0.2) is 59.8 Å². The molecule has 0 aliphatic rings. The topological polar surface area (TPSA) is 68.1 Å². The zero-order chi connectivity index (χ0) is 18.8. The number of nitrogens with zero attached hydrogens (tertiary/aromatic N) is 1. The van der Waals surface area contributed by atoms with Crippen LogP contribution >= 0.6 is 0 Å². The van der Waals surface area contributed by atoms with Crippen molar-refractivity contribution in [2.75, 3.05) is 13.2 Å². The highest BCUT2D eigenvalue weighted by Gasteiger charge is 2.18. The molecule has 0 bridgehead atoms. The minimum Gasteiger partial charge on any atom is -0.479 e. The maximum Gasteiger partial charge on any atom is 0.333 e. The highest BCUT2D eigenvalue weighted by Crippen LogP contribution is 2.11. The number of rotatable bonds is 10. The van der Waals surface area contributed by atoms with Crippen LogP contribution in [0.2, 0.25) is 0 Å². The molecular weight excluding hydrogens is 330 g/mol. The summed E-state index contributed by atoms with van der Waals surface area (Å²) in [4.78, 5) is 16.7. The van der Waals surface area contributed by atoms with Crippen molar-refractivity contribution in [3.63, 3.8) is 0 Å². The molecule has 0 aliphatic heterocycles. The normalized spacial score (nSPS) is 12.6. The first kappa shape index (κ1) is 19.7. The molecule has 0 fully saturated rings. The SMILES string of the molecule is CCO[C@H](Cc1cccc(/C(C)=N/OCCc2ccccc2)c1)C(=O)O. The summed E-state index contributed by atoms with van der Waals surface area (Å²) in [6, 6.07) is 17.7. The van der Waals surface area contributed by atoms with Gasteiger partial charge in [-0.15, -0.1) is 0 Å². The summed E-state index contributed by atoms with van der Waals surface area (Å²) in [6.07, 6.45) is 0.278. The molecule has 0 saturated carbocycles. The second-order valence-electron chi connectivity index (χ2n) is 5.93. The van der Waals surface area contributed by atoms with Crippen molar-refractivity contribution in [1.29, 1.82) is 0 Å². The van der Waals surface area contributed by atoms with Crippen LogP contribution in [0.4, 0.5) is 0 Å². The highest BCUT2D eigenvalue weighted by atomic mass is 16.6. The van der Waals surface area contributed by atoms with Gasteiger partial charge in [-0.25, -0.2) is 4.79 Å². The minimum absolute atomic E-state index is 0.319. The third-order valence-corrected chi connectivity index (χ3v) is 3.94. The lowest BCUT2D eigenvalue weighted by Gasteiger charge is -2.13. The largest absolute Gasteiger partial charge is 0.479 e. The summed E-state index contributed by atoms with van der Waals surface area (Å²) in [7, 11) is 0. The van der Waals surface area contributed by atoms with Gasteiger partial charge in [-0.1, -0.05) is 53.7 Å². The highest BCUT2D eigenvalue weighted by molar-refractivity contribution is 5.98. The van der Waals surface area contributed by atoms with Crippen molar-refractivity contribution in [3.05, 3.63) is 71.3 Å². The van der Waals surface area contributed by atoms with E-state index < -0.39 is 12.1 Å². The van der Waals surface area contributed by atoms with Crippen molar-refractivity contribution < 1.29 is 19.5 Å². The van der Waals surface area contributed by atoms with Crippen LogP contribution < -0.4 is 0 Å². The molecule has 0 unspecified atom stereocenters. The van der Waals surface area contributed by atoms with E-state index in [4.69, 9.17) is 9.57 Å². The van der Waals surface area contributed by atoms with Gasteiger partial charge in [0.1, 0.15) is 6.61 Å². The standard InChI is InChI=1S/C21H25NO4/c1-3-25-20(21(23)24)15-18-10-7-11-19(14-18)16(2)22-26-13-12-17-8-5-4-6-9-17/h4-11,14,20H,3,12-13,15H2,1-2H3,(H,23,24)/b22-16+/t20-/m1/s1. The third-order valence-electron chi connectivity index (χ3n) is 3.94. The number of carbonyl (C=O) groups is 1. The lowest BCUT2D eigenvalue weighted by atomic mass is 10.0. The van der Waals surface area contributed by atoms with E-state index in [1.165, 1.54) is 5.56 Å². The second kappa shape index (κ2) is 10.4. The maximum absolute atomic E-state index is 11.2. The first-order chi connectivity index (χ1) is 12.6. The van der Waals surface area contributed by atoms with Gasteiger partial charge in [0.05, 0.1) is 5.71 Å². The molecule has 1 N–H and O–H groups in total. The lowest BCUT2D eigenvalue weighted by Crippen LogP contribution is -2.26. The fourth-order valence-electron chi connectivity index (χ4n) is 2.56. The van der Waals surface area contributed by atoms with E-state index in [0.29, 0.717) is 19.6 Å². The van der Waals surface area contributed by atoms with Gasteiger partial charge in [0.2, 0.25) is 0 Å². The summed E-state index contributed by atoms with van der Waals surface area (Å²) in [5, 5.41) is 13.4. The summed E-state index contributed by atoms with van der Waals surface area (Å²) in [6.45, 7) is 4.54. The summed E-state index contributed by atoms with van der Waals surface area (Å²) in [5.41, 5.74) is 3.76. The van der Waals surface area contributed by atoms with Crippen LogP contribution in [-0.4, -0.2) is 36.1 Å². The molecule has 0 saturated heterocycles. The van der Waals surface area contributed by atoms with Crippen molar-refractivity contribution >= 4 is 11.7 Å². The summed E-state index contributed by atoms with van der Waals surface area (Å²) >= 11 is 0. The summed E-state index contributed by atoms with van der Waals surface area (Å²) < 4.78 is 5.27. The molecule has 5 nitrogen and oxygen atoms in total. The smallest absolute Gasteiger partial charge is 0.333 e. The molecule has 2 rings (SSSR count). The Morgan fingerprint density at radius 3 is 2.54 bits per heavy atom. The molecule has 1 atom stereocenters. The third kappa shape index (κ3) is 6.33. The molecule has 2 aromatic rings. The number of aliphatic carboxylic acids is 1. The van der Waals surface area contributed by atoms with Gasteiger partial charge in [0.15, 0.2) is 6.10 Å². The van der Waals surface area contributed by atoms with Crippen LogP contribution in [0.3, 0.4) is 0 Å². The monoisotopic (exact) mass is 355 g/mol. The predicted molar refractivity (Wildman–Crippen MR) is 102 cm³/mol. The predicted octanol–water partition coefficient (Wildman–Crippen LogP) is 3.70. The Morgan fingerprint density at radius 2 is 1.85 bits per heavy atom. The van der Waals surface area contributed by atoms with E-state index >= 15 is 0 Å². The van der Waals surface area contributed by atoms with E-state index in [1.807, 2.05) is 49.4 Å². The molecule has 5 heteroatoms. The lowest BCUT2D eigenvalue weighted by molar-refractivity contribution is -0.149. The molecule has 0 aromatic heterocycles. The average molecular weight is 355 g/mol. The Morgan fingerprint density at radius 1 is 1.12 bits per heavy atom. The first-order valence-corrected chi connectivity index (χ1v) is 8.74. The van der Waals surface area contributed by atoms with Crippen LogP contribution in [-0.2, 0) is 27.2 Å². The van der Waals surface area contributed by atoms with E-state index in [9.17, 15) is 9.90 Å². The summed E-state index contributed by atoms with van der Waals surface area (Å²) in [5.74, 6) is -0.952. The molecule has 0 aliphatic carbocycles. The van der Waals surface area contributed by atoms with E-state index in [0.717, 1.165) is 23.3 Å².